The van der Waals surface area contributed by atoms with E-state index in [2.05, 4.69) is 33.2 Å². The van der Waals surface area contributed by atoms with E-state index in [1.807, 2.05) is 24.3 Å². The van der Waals surface area contributed by atoms with Crippen LogP contribution in [-0.4, -0.2) is 49.4 Å². The molecule has 4 rings (SSSR count). The largest absolute Gasteiger partial charge is 0.467 e. The van der Waals surface area contributed by atoms with E-state index in [9.17, 15) is 14.4 Å². The Morgan fingerprint density at radius 3 is 2.45 bits per heavy atom. The normalized spacial score (nSPS) is 11.1. The predicted molar refractivity (Wildman–Crippen MR) is 186 cm³/mol. The maximum absolute atomic E-state index is 11.9. The fourth-order valence-corrected chi connectivity index (χ4v) is 4.76. The van der Waals surface area contributed by atoms with E-state index < -0.39 is 11.9 Å². The maximum atomic E-state index is 11.9. The first kappa shape index (κ1) is 37.7. The predicted octanol–water partition coefficient (Wildman–Crippen LogP) is 7.36. The van der Waals surface area contributed by atoms with Gasteiger partial charge in [-0.3, -0.25) is 9.59 Å². The number of aliphatic hydroxyl groups is 1. The SMILES string of the molecule is CC(=O)OCC(Nc1ccc(I)cc1)c1cc(CO)co1.CCOC(=O)c1cc(CC(=O)OCCNc2cccc(Cl)c2Cl)oc1C. The molecule has 0 radical (unpaired) electrons. The number of anilines is 2. The van der Waals surface area contributed by atoms with Crippen LogP contribution in [0.1, 0.15) is 53.1 Å². The van der Waals surface area contributed by atoms with Crippen molar-refractivity contribution in [3.8, 4) is 0 Å². The van der Waals surface area contributed by atoms with Gasteiger partial charge in [0.05, 0.1) is 35.2 Å². The van der Waals surface area contributed by atoms with Crippen LogP contribution in [0.2, 0.25) is 10.0 Å². The Bertz CT molecular complexity index is 1620. The van der Waals surface area contributed by atoms with Crippen molar-refractivity contribution in [1.29, 1.82) is 0 Å². The van der Waals surface area contributed by atoms with Crippen molar-refractivity contribution in [1.82, 2.24) is 0 Å². The molecule has 1 unspecified atom stereocenters. The quantitative estimate of drug-likeness (QED) is 0.0508. The second kappa shape index (κ2) is 19.2. The number of esters is 3. The molecule has 2 aromatic heterocycles. The van der Waals surface area contributed by atoms with Crippen LogP contribution in [0.3, 0.4) is 0 Å². The zero-order valence-electron chi connectivity index (χ0n) is 25.9. The van der Waals surface area contributed by atoms with E-state index in [4.69, 9.17) is 51.4 Å². The number of carbonyl (C=O) groups excluding carboxylic acids is 3. The third-order valence-electron chi connectivity index (χ3n) is 6.25. The Kier molecular flexibility index (Phi) is 15.4. The molecule has 0 aliphatic heterocycles. The molecule has 0 aliphatic rings. The second-order valence-corrected chi connectivity index (χ2v) is 11.9. The van der Waals surface area contributed by atoms with E-state index >= 15 is 0 Å². The van der Waals surface area contributed by atoms with Crippen LogP contribution in [0.15, 0.2) is 69.7 Å². The van der Waals surface area contributed by atoms with Crippen molar-refractivity contribution in [2.45, 2.75) is 39.8 Å². The van der Waals surface area contributed by atoms with E-state index in [0.717, 1.165) is 9.26 Å². The number of halogens is 3. The Balaban J connectivity index is 0.000000261. The number of aliphatic hydroxyl groups excluding tert-OH is 1. The molecular formula is C33H35Cl2IN2O9. The molecule has 0 amide bonds. The van der Waals surface area contributed by atoms with Crippen molar-refractivity contribution in [2.24, 2.45) is 0 Å². The molecule has 2 heterocycles. The number of benzene rings is 2. The molecule has 0 bridgehead atoms. The van der Waals surface area contributed by atoms with Gasteiger partial charge in [0.1, 0.15) is 48.5 Å². The van der Waals surface area contributed by atoms with Gasteiger partial charge < -0.3 is 38.8 Å². The van der Waals surface area contributed by atoms with Gasteiger partial charge in [0, 0.05) is 28.3 Å². The fourth-order valence-electron chi connectivity index (χ4n) is 4.03. The monoisotopic (exact) mass is 800 g/mol. The summed E-state index contributed by atoms with van der Waals surface area (Å²) >= 11 is 14.2. The molecule has 0 saturated heterocycles. The van der Waals surface area contributed by atoms with Crippen LogP contribution in [0.4, 0.5) is 11.4 Å². The number of carbonyl (C=O) groups is 3. The van der Waals surface area contributed by atoms with Gasteiger partial charge in [-0.1, -0.05) is 29.3 Å². The maximum Gasteiger partial charge on any atom is 0.341 e. The Hall–Kier alpha value is -3.72. The Morgan fingerprint density at radius 1 is 1.04 bits per heavy atom. The molecule has 14 heteroatoms. The van der Waals surface area contributed by atoms with Crippen molar-refractivity contribution in [2.75, 3.05) is 37.0 Å². The topological polar surface area (TPSA) is 149 Å². The summed E-state index contributed by atoms with van der Waals surface area (Å²) in [5.74, 6) is 0.0752. The number of hydrogen-bond donors (Lipinski definition) is 3. The number of rotatable bonds is 14. The molecule has 47 heavy (non-hydrogen) atoms. The zero-order valence-corrected chi connectivity index (χ0v) is 29.6. The molecule has 0 fully saturated rings. The molecule has 3 N–H and O–H groups in total. The number of hydrogen-bond acceptors (Lipinski definition) is 11. The highest BCUT2D eigenvalue weighted by molar-refractivity contribution is 14.1. The lowest BCUT2D eigenvalue weighted by Crippen LogP contribution is -2.18. The molecule has 1 atom stereocenters. The highest BCUT2D eigenvalue weighted by Gasteiger charge is 2.19. The van der Waals surface area contributed by atoms with Gasteiger partial charge in [0.15, 0.2) is 0 Å². The summed E-state index contributed by atoms with van der Waals surface area (Å²) in [5.41, 5.74) is 2.56. The average molecular weight is 801 g/mol. The smallest absolute Gasteiger partial charge is 0.341 e. The van der Waals surface area contributed by atoms with Crippen molar-refractivity contribution < 1.29 is 42.5 Å². The third kappa shape index (κ3) is 12.4. The molecule has 4 aromatic rings. The highest BCUT2D eigenvalue weighted by atomic mass is 127. The zero-order chi connectivity index (χ0) is 34.3. The van der Waals surface area contributed by atoms with E-state index in [0.29, 0.717) is 50.7 Å². The summed E-state index contributed by atoms with van der Waals surface area (Å²) in [5, 5.41) is 16.3. The standard InChI is InChI=1S/C18H19Cl2NO5.C15H16INO4/c1-3-24-18(23)13-9-12(26-11(13)2)10-16(22)25-8-7-21-15-6-4-5-14(19)17(15)20;1-10(19)20-9-14(15-6-11(7-18)8-21-15)17-13-4-2-12(16)3-5-13/h4-6,9,21H,3,7-8,10H2,1-2H3;2-6,8,14,17-18H,7,9H2,1H3. The molecule has 0 aliphatic carbocycles. The van der Waals surface area contributed by atoms with Gasteiger partial charge in [0.2, 0.25) is 0 Å². The molecule has 252 valence electrons. The van der Waals surface area contributed by atoms with E-state index in [1.165, 1.54) is 19.3 Å². The van der Waals surface area contributed by atoms with Gasteiger partial charge in [0.25, 0.3) is 0 Å². The summed E-state index contributed by atoms with van der Waals surface area (Å²) in [6, 6.07) is 16.0. The van der Waals surface area contributed by atoms with Gasteiger partial charge in [-0.05, 0) is 85.0 Å². The summed E-state index contributed by atoms with van der Waals surface area (Å²) in [6.07, 6.45) is 1.42. The Labute approximate surface area is 296 Å². The fraction of sp³-hybridized carbons (Fsp3) is 0.303. The number of ether oxygens (including phenoxy) is 3. The van der Waals surface area contributed by atoms with E-state index in [-0.39, 0.29) is 44.9 Å². The number of furan rings is 2. The average Bonchev–Trinajstić information content (AvgIpc) is 3.67. The van der Waals surface area contributed by atoms with Crippen LogP contribution in [-0.2, 0) is 36.8 Å². The second-order valence-electron chi connectivity index (χ2n) is 9.85. The minimum atomic E-state index is -0.476. The van der Waals surface area contributed by atoms with Gasteiger partial charge >= 0.3 is 17.9 Å². The minimum absolute atomic E-state index is 0.0713. The van der Waals surface area contributed by atoms with Crippen molar-refractivity contribution in [3.05, 3.63) is 103 Å². The lowest BCUT2D eigenvalue weighted by molar-refractivity contribution is -0.143. The first-order valence-electron chi connectivity index (χ1n) is 14.4. The lowest BCUT2D eigenvalue weighted by Gasteiger charge is -2.17. The van der Waals surface area contributed by atoms with Crippen LogP contribution in [0, 0.1) is 10.5 Å². The third-order valence-corrected chi connectivity index (χ3v) is 7.79. The van der Waals surface area contributed by atoms with Crippen LogP contribution in [0.5, 0.6) is 0 Å². The van der Waals surface area contributed by atoms with Crippen molar-refractivity contribution in [3.63, 3.8) is 0 Å². The van der Waals surface area contributed by atoms with Crippen LogP contribution in [0.25, 0.3) is 0 Å². The molecular weight excluding hydrogens is 766 g/mol. The van der Waals surface area contributed by atoms with Crippen LogP contribution >= 0.6 is 45.8 Å². The summed E-state index contributed by atoms with van der Waals surface area (Å²) in [4.78, 5) is 34.6. The summed E-state index contributed by atoms with van der Waals surface area (Å²) < 4.78 is 27.1. The molecule has 0 spiro atoms. The molecule has 11 nitrogen and oxygen atoms in total. The number of nitrogens with one attached hydrogen (secondary N) is 2. The van der Waals surface area contributed by atoms with Crippen molar-refractivity contribution >= 4 is 75.1 Å². The van der Waals surface area contributed by atoms with Gasteiger partial charge in [-0.25, -0.2) is 4.79 Å². The number of aryl methyl sites for hydroxylation is 1. The minimum Gasteiger partial charge on any atom is -0.467 e. The molecule has 0 saturated carbocycles. The molecule has 2 aromatic carbocycles. The van der Waals surface area contributed by atoms with Gasteiger partial charge in [-0.2, -0.15) is 0 Å². The van der Waals surface area contributed by atoms with E-state index in [1.54, 1.807) is 38.1 Å². The first-order chi connectivity index (χ1) is 22.5. The lowest BCUT2D eigenvalue weighted by atomic mass is 10.2. The summed E-state index contributed by atoms with van der Waals surface area (Å²) in [7, 11) is 0. The highest BCUT2D eigenvalue weighted by Crippen LogP contribution is 2.29. The van der Waals surface area contributed by atoms with Gasteiger partial charge in [-0.15, -0.1) is 0 Å². The summed E-state index contributed by atoms with van der Waals surface area (Å²) in [6.45, 7) is 5.57. The first-order valence-corrected chi connectivity index (χ1v) is 16.3. The Morgan fingerprint density at radius 2 is 1.79 bits per heavy atom. The van der Waals surface area contributed by atoms with Crippen LogP contribution < -0.4 is 10.6 Å².